The summed E-state index contributed by atoms with van der Waals surface area (Å²) in [5.41, 5.74) is 5.16. The third kappa shape index (κ3) is 3.15. The molecule has 0 radical (unpaired) electrons. The van der Waals surface area contributed by atoms with Crippen molar-refractivity contribution in [3.05, 3.63) is 0 Å². The van der Waals surface area contributed by atoms with Crippen molar-refractivity contribution in [3.8, 4) is 0 Å². The van der Waals surface area contributed by atoms with Gasteiger partial charge in [-0.25, -0.2) is 0 Å². The molecule has 0 spiro atoms. The maximum absolute atomic E-state index is 11.9. The fourth-order valence-electron chi connectivity index (χ4n) is 3.72. The zero-order valence-corrected chi connectivity index (χ0v) is 13.2. The quantitative estimate of drug-likeness (QED) is 0.803. The zero-order chi connectivity index (χ0) is 14.9. The van der Waals surface area contributed by atoms with Crippen molar-refractivity contribution in [1.29, 1.82) is 0 Å². The Bertz CT molecular complexity index is 361. The number of nitrogens with zero attached hydrogens (tertiary/aromatic N) is 1. The Kier molecular flexibility index (Phi) is 4.72. The van der Waals surface area contributed by atoms with Gasteiger partial charge < -0.3 is 15.8 Å². The van der Waals surface area contributed by atoms with E-state index in [1.807, 2.05) is 0 Å². The third-order valence-electron chi connectivity index (χ3n) is 4.65. The first-order valence-electron chi connectivity index (χ1n) is 7.79. The van der Waals surface area contributed by atoms with Gasteiger partial charge in [0.05, 0.1) is 18.2 Å². The van der Waals surface area contributed by atoms with E-state index < -0.39 is 5.54 Å². The van der Waals surface area contributed by atoms with Crippen LogP contribution in [0.15, 0.2) is 0 Å². The number of morpholine rings is 1. The molecule has 3 N–H and O–H groups in total. The van der Waals surface area contributed by atoms with Crippen LogP contribution in [-0.2, 0) is 9.53 Å². The molecule has 0 aromatic rings. The van der Waals surface area contributed by atoms with E-state index in [0.29, 0.717) is 12.1 Å². The lowest BCUT2D eigenvalue weighted by molar-refractivity contribution is -0.125. The van der Waals surface area contributed by atoms with Crippen molar-refractivity contribution in [2.45, 2.75) is 76.7 Å². The predicted molar refractivity (Wildman–Crippen MR) is 79.4 cm³/mol. The summed E-state index contributed by atoms with van der Waals surface area (Å²) in [4.78, 5) is 14.5. The standard InChI is InChI=1S/C15H29N3O2/c1-10(2)17-15(14(16)19)6-5-13(7-15)18-8-12(4)20-9-11(18)3/h10-13,17H,5-9H2,1-4H3,(H2,16,19). The lowest BCUT2D eigenvalue weighted by Gasteiger charge is -2.41. The van der Waals surface area contributed by atoms with Gasteiger partial charge >= 0.3 is 0 Å². The number of nitrogens with one attached hydrogen (secondary N) is 1. The summed E-state index contributed by atoms with van der Waals surface area (Å²) < 4.78 is 5.69. The molecule has 1 aliphatic carbocycles. The van der Waals surface area contributed by atoms with Gasteiger partial charge in [-0.1, -0.05) is 0 Å². The van der Waals surface area contributed by atoms with Crippen LogP contribution in [0, 0.1) is 0 Å². The van der Waals surface area contributed by atoms with Crippen LogP contribution < -0.4 is 11.1 Å². The Morgan fingerprint density at radius 3 is 2.75 bits per heavy atom. The second-order valence-electron chi connectivity index (χ2n) is 6.83. The smallest absolute Gasteiger partial charge is 0.237 e. The Balaban J connectivity index is 2.07. The second kappa shape index (κ2) is 6.00. The normalized spacial score (nSPS) is 39.4. The Labute approximate surface area is 122 Å². The van der Waals surface area contributed by atoms with Crippen LogP contribution in [0.3, 0.4) is 0 Å². The van der Waals surface area contributed by atoms with E-state index in [0.717, 1.165) is 32.4 Å². The molecule has 1 heterocycles. The molecule has 1 saturated heterocycles. The molecule has 2 aliphatic rings. The monoisotopic (exact) mass is 283 g/mol. The first kappa shape index (κ1) is 15.7. The van der Waals surface area contributed by atoms with Crippen molar-refractivity contribution in [2.75, 3.05) is 13.2 Å². The van der Waals surface area contributed by atoms with Gasteiger partial charge in [-0.05, 0) is 47.0 Å². The largest absolute Gasteiger partial charge is 0.376 e. The molecule has 5 heteroatoms. The predicted octanol–water partition coefficient (Wildman–Crippen LogP) is 0.870. The summed E-state index contributed by atoms with van der Waals surface area (Å²) in [6.07, 6.45) is 2.95. The van der Waals surface area contributed by atoms with Crippen LogP contribution in [-0.4, -0.2) is 53.7 Å². The van der Waals surface area contributed by atoms with Gasteiger partial charge in [0.2, 0.25) is 5.91 Å². The van der Waals surface area contributed by atoms with E-state index in [1.165, 1.54) is 0 Å². The van der Waals surface area contributed by atoms with Crippen LogP contribution in [0.5, 0.6) is 0 Å². The molecule has 2 fully saturated rings. The molecule has 2 rings (SSSR count). The maximum atomic E-state index is 11.9. The molecular weight excluding hydrogens is 254 g/mol. The molecular formula is C15H29N3O2. The lowest BCUT2D eigenvalue weighted by atomic mass is 9.94. The summed E-state index contributed by atoms with van der Waals surface area (Å²) in [6.45, 7) is 10.2. The van der Waals surface area contributed by atoms with E-state index in [1.54, 1.807) is 0 Å². The topological polar surface area (TPSA) is 67.6 Å². The number of primary amides is 1. The third-order valence-corrected chi connectivity index (χ3v) is 4.65. The molecule has 1 amide bonds. The van der Waals surface area contributed by atoms with Crippen molar-refractivity contribution >= 4 is 5.91 Å². The van der Waals surface area contributed by atoms with Gasteiger partial charge in [-0.2, -0.15) is 0 Å². The average molecular weight is 283 g/mol. The summed E-state index contributed by atoms with van der Waals surface area (Å²) >= 11 is 0. The van der Waals surface area contributed by atoms with E-state index in [-0.39, 0.29) is 18.1 Å². The lowest BCUT2D eigenvalue weighted by Crippen LogP contribution is -2.58. The van der Waals surface area contributed by atoms with E-state index in [4.69, 9.17) is 10.5 Å². The highest BCUT2D eigenvalue weighted by atomic mass is 16.5. The molecule has 0 aromatic heterocycles. The van der Waals surface area contributed by atoms with Crippen LogP contribution >= 0.6 is 0 Å². The van der Waals surface area contributed by atoms with Crippen molar-refractivity contribution in [3.63, 3.8) is 0 Å². The Hall–Kier alpha value is -0.650. The number of carbonyl (C=O) groups is 1. The van der Waals surface area contributed by atoms with Gasteiger partial charge in [0.25, 0.3) is 0 Å². The van der Waals surface area contributed by atoms with Crippen LogP contribution in [0.2, 0.25) is 0 Å². The minimum absolute atomic E-state index is 0.206. The number of hydrogen-bond acceptors (Lipinski definition) is 4. The number of ether oxygens (including phenoxy) is 1. The zero-order valence-electron chi connectivity index (χ0n) is 13.2. The number of hydrogen-bond donors (Lipinski definition) is 2. The Morgan fingerprint density at radius 1 is 1.45 bits per heavy atom. The molecule has 4 unspecified atom stereocenters. The minimum atomic E-state index is -0.528. The SMILES string of the molecule is CC(C)NC1(C(N)=O)CCC(N2CC(C)OCC2C)C1. The molecule has 5 nitrogen and oxygen atoms in total. The highest BCUT2D eigenvalue weighted by Gasteiger charge is 2.47. The molecule has 116 valence electrons. The van der Waals surface area contributed by atoms with Gasteiger partial charge in [-0.15, -0.1) is 0 Å². The molecule has 1 aliphatic heterocycles. The van der Waals surface area contributed by atoms with Crippen molar-refractivity contribution < 1.29 is 9.53 Å². The van der Waals surface area contributed by atoms with Crippen LogP contribution in [0.1, 0.15) is 47.0 Å². The fourth-order valence-corrected chi connectivity index (χ4v) is 3.72. The summed E-state index contributed by atoms with van der Waals surface area (Å²) in [5, 5.41) is 3.42. The van der Waals surface area contributed by atoms with Gasteiger partial charge in [-0.3, -0.25) is 9.69 Å². The summed E-state index contributed by atoms with van der Waals surface area (Å²) in [7, 11) is 0. The van der Waals surface area contributed by atoms with Gasteiger partial charge in [0.15, 0.2) is 0 Å². The van der Waals surface area contributed by atoms with Crippen LogP contribution in [0.25, 0.3) is 0 Å². The van der Waals surface area contributed by atoms with Crippen molar-refractivity contribution in [2.24, 2.45) is 5.73 Å². The molecule has 1 saturated carbocycles. The van der Waals surface area contributed by atoms with E-state index in [9.17, 15) is 4.79 Å². The van der Waals surface area contributed by atoms with Gasteiger partial charge in [0.1, 0.15) is 0 Å². The molecule has 4 atom stereocenters. The highest BCUT2D eigenvalue weighted by molar-refractivity contribution is 5.85. The first-order chi connectivity index (χ1) is 9.34. The first-order valence-corrected chi connectivity index (χ1v) is 7.79. The number of carbonyl (C=O) groups excluding carboxylic acids is 1. The molecule has 20 heavy (non-hydrogen) atoms. The summed E-state index contributed by atoms with van der Waals surface area (Å²) in [5.74, 6) is -0.206. The van der Waals surface area contributed by atoms with Crippen LogP contribution in [0.4, 0.5) is 0 Å². The number of nitrogens with two attached hydrogens (primary N) is 1. The van der Waals surface area contributed by atoms with Crippen molar-refractivity contribution in [1.82, 2.24) is 10.2 Å². The minimum Gasteiger partial charge on any atom is -0.376 e. The second-order valence-corrected chi connectivity index (χ2v) is 6.83. The number of rotatable bonds is 4. The molecule has 0 bridgehead atoms. The average Bonchev–Trinajstić information content (AvgIpc) is 2.77. The van der Waals surface area contributed by atoms with E-state index >= 15 is 0 Å². The van der Waals surface area contributed by atoms with Gasteiger partial charge in [0, 0.05) is 24.7 Å². The highest BCUT2D eigenvalue weighted by Crippen LogP contribution is 2.35. The number of amides is 1. The maximum Gasteiger partial charge on any atom is 0.237 e. The van der Waals surface area contributed by atoms with E-state index in [2.05, 4.69) is 37.9 Å². The summed E-state index contributed by atoms with van der Waals surface area (Å²) in [6, 6.07) is 1.11. The molecule has 0 aromatic carbocycles. The fraction of sp³-hybridized carbons (Fsp3) is 0.933. The Morgan fingerprint density at radius 2 is 2.15 bits per heavy atom.